The summed E-state index contributed by atoms with van der Waals surface area (Å²) >= 11 is 1.90. The first kappa shape index (κ1) is 35.5. The minimum Gasteiger partial charge on any atom is -0.280 e. The number of fused-ring (bicyclic) bond motifs is 9. The van der Waals surface area contributed by atoms with Crippen LogP contribution in [0.2, 0.25) is 0 Å². The van der Waals surface area contributed by atoms with Crippen LogP contribution in [0, 0.1) is 23.2 Å². The highest BCUT2D eigenvalue weighted by atomic mass is 32.2. The topological polar surface area (TPSA) is 36.1 Å². The van der Waals surface area contributed by atoms with E-state index in [4.69, 9.17) is 4.99 Å². The fourth-order valence-electron chi connectivity index (χ4n) is 10.3. The Bertz CT molecular complexity index is 2640. The third-order valence-electron chi connectivity index (χ3n) is 13.0. The molecule has 3 heteroatoms. The van der Waals surface area contributed by atoms with Crippen LogP contribution in [0.25, 0.3) is 22.3 Å². The smallest absolute Gasteiger partial charge is 0.0991 e. The van der Waals surface area contributed by atoms with Crippen LogP contribution in [-0.2, 0) is 5.41 Å². The van der Waals surface area contributed by atoms with E-state index in [9.17, 15) is 5.26 Å². The Kier molecular flexibility index (Phi) is 9.04. The number of rotatable bonds is 5. The molecule has 2 aliphatic heterocycles. The Morgan fingerprint density at radius 3 is 1.84 bits per heavy atom. The first-order chi connectivity index (χ1) is 28.1. The van der Waals surface area contributed by atoms with Crippen molar-refractivity contribution in [2.75, 3.05) is 0 Å². The summed E-state index contributed by atoms with van der Waals surface area (Å²) in [6.45, 7) is 4.77. The van der Waals surface area contributed by atoms with E-state index in [1.807, 2.05) is 36.0 Å². The van der Waals surface area contributed by atoms with Gasteiger partial charge in [0.25, 0.3) is 0 Å². The van der Waals surface area contributed by atoms with Crippen LogP contribution < -0.4 is 0 Å². The minimum absolute atomic E-state index is 0.0171. The summed E-state index contributed by atoms with van der Waals surface area (Å²) < 4.78 is 0. The standard InChI is InChI=1S/C54H44N2S/c1-3-42-43(39-28-26-38(27-29-39)37-24-22-36(34-55)23-25-37)31-21-35(2)52(56-53(42)40-13-5-4-6-14-40)41-30-32-45-44-15-7-8-16-46(44)54(49(45)33-41)47-17-9-11-19-50(47)57-51-20-12-10-18-48(51)54/h4-20,22-30,32-33,35,42-43,52H,3,21,31H2,1-2H3/b56-53-. The molecule has 0 saturated carbocycles. The Morgan fingerprint density at radius 2 is 1.18 bits per heavy atom. The Morgan fingerprint density at radius 1 is 0.596 bits per heavy atom. The lowest BCUT2D eigenvalue weighted by atomic mass is 9.67. The summed E-state index contributed by atoms with van der Waals surface area (Å²) in [6.07, 6.45) is 3.18. The molecule has 57 heavy (non-hydrogen) atoms. The van der Waals surface area contributed by atoms with Crippen molar-refractivity contribution in [3.05, 3.63) is 214 Å². The van der Waals surface area contributed by atoms with Gasteiger partial charge < -0.3 is 0 Å². The van der Waals surface area contributed by atoms with Gasteiger partial charge in [-0.3, -0.25) is 4.99 Å². The molecule has 7 aromatic carbocycles. The predicted octanol–water partition coefficient (Wildman–Crippen LogP) is 13.8. The Labute approximate surface area is 341 Å². The molecule has 0 radical (unpaired) electrons. The summed E-state index contributed by atoms with van der Waals surface area (Å²) in [7, 11) is 0. The molecule has 0 bridgehead atoms. The van der Waals surface area contributed by atoms with E-state index in [2.05, 4.69) is 166 Å². The third-order valence-corrected chi connectivity index (χ3v) is 14.1. The van der Waals surface area contributed by atoms with Crippen LogP contribution >= 0.6 is 11.8 Å². The molecule has 0 amide bonds. The molecule has 276 valence electrons. The van der Waals surface area contributed by atoms with Crippen molar-refractivity contribution >= 4 is 17.5 Å². The van der Waals surface area contributed by atoms with Crippen LogP contribution in [0.15, 0.2) is 185 Å². The fraction of sp³-hybridized carbons (Fsp3) is 0.185. The molecule has 4 atom stereocenters. The van der Waals surface area contributed by atoms with Crippen LogP contribution in [-0.4, -0.2) is 5.71 Å². The van der Waals surface area contributed by atoms with E-state index in [0.717, 1.165) is 24.8 Å². The first-order valence-corrected chi connectivity index (χ1v) is 21.2. The third kappa shape index (κ3) is 5.81. The molecule has 1 spiro atoms. The number of benzene rings is 7. The number of hydrogen-bond donors (Lipinski definition) is 0. The van der Waals surface area contributed by atoms with Gasteiger partial charge in [0.2, 0.25) is 0 Å². The summed E-state index contributed by atoms with van der Waals surface area (Å²) in [5.41, 5.74) is 15.8. The maximum Gasteiger partial charge on any atom is 0.0991 e. The van der Waals surface area contributed by atoms with Crippen molar-refractivity contribution in [2.24, 2.45) is 16.8 Å². The van der Waals surface area contributed by atoms with E-state index in [1.54, 1.807) is 0 Å². The monoisotopic (exact) mass is 752 g/mol. The molecule has 0 aromatic heterocycles. The second kappa shape index (κ2) is 14.5. The van der Waals surface area contributed by atoms with E-state index in [1.165, 1.54) is 71.1 Å². The van der Waals surface area contributed by atoms with Crippen molar-refractivity contribution in [1.29, 1.82) is 5.26 Å². The van der Waals surface area contributed by atoms with E-state index in [0.29, 0.717) is 17.4 Å². The zero-order valence-electron chi connectivity index (χ0n) is 32.4. The zero-order chi connectivity index (χ0) is 38.5. The Hall–Kier alpha value is -5.95. The van der Waals surface area contributed by atoms with Crippen LogP contribution in [0.4, 0.5) is 0 Å². The van der Waals surface area contributed by atoms with Crippen molar-refractivity contribution in [3.63, 3.8) is 0 Å². The molecule has 0 fully saturated rings. The number of aliphatic imine (C=N–C) groups is 1. The SMILES string of the molecule is CCC1/C(c2ccccc2)=N\C(c2ccc3c(c2)C2(c4ccccc4Sc4ccccc42)c2ccccc2-3)C(C)CCC1c1ccc(-c2ccc(C#N)cc2)cc1. The summed E-state index contributed by atoms with van der Waals surface area (Å²) in [4.78, 5) is 8.61. The van der Waals surface area contributed by atoms with Gasteiger partial charge >= 0.3 is 0 Å². The second-order valence-corrected chi connectivity index (χ2v) is 17.1. The second-order valence-electron chi connectivity index (χ2n) is 16.0. The molecule has 10 rings (SSSR count). The minimum atomic E-state index is -0.405. The molecule has 2 nitrogen and oxygen atoms in total. The van der Waals surface area contributed by atoms with Crippen molar-refractivity contribution in [1.82, 2.24) is 0 Å². The fourth-order valence-corrected chi connectivity index (χ4v) is 11.5. The lowest BCUT2D eigenvalue weighted by Gasteiger charge is -2.40. The van der Waals surface area contributed by atoms with E-state index < -0.39 is 5.41 Å². The van der Waals surface area contributed by atoms with Crippen LogP contribution in [0.1, 0.15) is 89.6 Å². The average molecular weight is 753 g/mol. The van der Waals surface area contributed by atoms with Gasteiger partial charge in [0, 0.05) is 21.4 Å². The molecule has 0 N–H and O–H groups in total. The molecule has 2 heterocycles. The maximum atomic E-state index is 9.30. The summed E-state index contributed by atoms with van der Waals surface area (Å²) in [6, 6.07) is 64.9. The molecular weight excluding hydrogens is 709 g/mol. The van der Waals surface area contributed by atoms with E-state index in [-0.39, 0.29) is 12.0 Å². The van der Waals surface area contributed by atoms with Gasteiger partial charge in [-0.1, -0.05) is 171 Å². The largest absolute Gasteiger partial charge is 0.280 e. The van der Waals surface area contributed by atoms with Crippen molar-refractivity contribution in [3.8, 4) is 28.3 Å². The molecule has 4 unspecified atom stereocenters. The number of hydrogen-bond acceptors (Lipinski definition) is 3. The van der Waals surface area contributed by atoms with Gasteiger partial charge in [0.1, 0.15) is 0 Å². The Balaban J connectivity index is 1.11. The van der Waals surface area contributed by atoms with Crippen molar-refractivity contribution < 1.29 is 0 Å². The van der Waals surface area contributed by atoms with Gasteiger partial charge in [0.15, 0.2) is 0 Å². The van der Waals surface area contributed by atoms with Crippen molar-refractivity contribution in [2.45, 2.75) is 60.3 Å². The number of nitrogens with zero attached hydrogens (tertiary/aromatic N) is 2. The lowest BCUT2D eigenvalue weighted by Crippen LogP contribution is -2.32. The highest BCUT2D eigenvalue weighted by Crippen LogP contribution is 2.62. The van der Waals surface area contributed by atoms with E-state index >= 15 is 0 Å². The summed E-state index contributed by atoms with van der Waals surface area (Å²) in [5.74, 6) is 0.946. The normalized spacial score (nSPS) is 21.1. The van der Waals surface area contributed by atoms with Crippen LogP contribution in [0.5, 0.6) is 0 Å². The van der Waals surface area contributed by atoms with Gasteiger partial charge in [-0.15, -0.1) is 0 Å². The van der Waals surface area contributed by atoms with Gasteiger partial charge in [-0.05, 0) is 117 Å². The average Bonchev–Trinajstić information content (AvgIpc) is 3.55. The quantitative estimate of drug-likeness (QED) is 0.175. The number of nitriles is 1. The molecular formula is C54H44N2S. The molecule has 0 saturated heterocycles. The predicted molar refractivity (Wildman–Crippen MR) is 235 cm³/mol. The highest BCUT2D eigenvalue weighted by molar-refractivity contribution is 7.99. The zero-order valence-corrected chi connectivity index (χ0v) is 33.2. The molecule has 7 aromatic rings. The summed E-state index contributed by atoms with van der Waals surface area (Å²) in [5, 5.41) is 9.30. The molecule has 3 aliphatic rings. The molecule has 1 aliphatic carbocycles. The van der Waals surface area contributed by atoms with Crippen LogP contribution in [0.3, 0.4) is 0 Å². The maximum absolute atomic E-state index is 9.30. The lowest BCUT2D eigenvalue weighted by molar-refractivity contribution is 0.362. The van der Waals surface area contributed by atoms with Gasteiger partial charge in [-0.2, -0.15) is 5.26 Å². The first-order valence-electron chi connectivity index (χ1n) is 20.4. The van der Waals surface area contributed by atoms with Gasteiger partial charge in [-0.25, -0.2) is 0 Å². The van der Waals surface area contributed by atoms with Gasteiger partial charge in [0.05, 0.1) is 23.1 Å². The highest BCUT2D eigenvalue weighted by Gasteiger charge is 2.50.